The van der Waals surface area contributed by atoms with Crippen LogP contribution in [0.1, 0.15) is 37.7 Å². The number of hydrogen-bond acceptors (Lipinski definition) is 1. The molecule has 2 aromatic rings. The molecule has 0 aliphatic heterocycles. The number of rotatable bonds is 4. The van der Waals surface area contributed by atoms with Gasteiger partial charge < -0.3 is 0 Å². The Balaban J connectivity index is 2.69. The van der Waals surface area contributed by atoms with Crippen LogP contribution in [0, 0.1) is 5.82 Å². The molecule has 0 radical (unpaired) electrons. The number of hydrogen-bond donors (Lipinski definition) is 0. The van der Waals surface area contributed by atoms with E-state index in [4.69, 9.17) is 34.8 Å². The third-order valence-corrected chi connectivity index (χ3v) is 4.13. The van der Waals surface area contributed by atoms with E-state index in [0.29, 0.717) is 10.1 Å². The average Bonchev–Trinajstić information content (AvgIpc) is 2.75. The minimum Gasteiger partial charge on any atom is -0.259 e. The standard InChI is InChI=1S/C14H12Cl3F3N2/c1-6(2)7-3-8(10(18)4-9(7)16)12-13(17)22(14(19)20)11(5-15)21-12/h3-4,6,14H,5H2,1-2H3. The Hall–Kier alpha value is -0.910. The predicted molar refractivity (Wildman–Crippen MR) is 82.5 cm³/mol. The lowest BCUT2D eigenvalue weighted by Gasteiger charge is -2.11. The van der Waals surface area contributed by atoms with Gasteiger partial charge in [-0.1, -0.05) is 37.0 Å². The molecule has 2 nitrogen and oxygen atoms in total. The number of imidazole rings is 1. The highest BCUT2D eigenvalue weighted by Crippen LogP contribution is 2.37. The summed E-state index contributed by atoms with van der Waals surface area (Å²) in [5, 5.41) is -0.0974. The van der Waals surface area contributed by atoms with Crippen molar-refractivity contribution >= 4 is 34.8 Å². The lowest BCUT2D eigenvalue weighted by molar-refractivity contribution is 0.0681. The van der Waals surface area contributed by atoms with Crippen LogP contribution in [0.2, 0.25) is 10.2 Å². The molecule has 0 amide bonds. The van der Waals surface area contributed by atoms with Crippen molar-refractivity contribution in [3.8, 4) is 11.3 Å². The summed E-state index contributed by atoms with van der Waals surface area (Å²) >= 11 is 17.5. The van der Waals surface area contributed by atoms with Crippen molar-refractivity contribution in [1.29, 1.82) is 0 Å². The summed E-state index contributed by atoms with van der Waals surface area (Å²) in [5.41, 5.74) is 0.616. The van der Waals surface area contributed by atoms with Gasteiger partial charge in [-0.25, -0.2) is 9.37 Å². The number of aromatic nitrogens is 2. The fraction of sp³-hybridized carbons (Fsp3) is 0.357. The highest BCUT2D eigenvalue weighted by molar-refractivity contribution is 6.33. The molecule has 0 unspecified atom stereocenters. The van der Waals surface area contributed by atoms with Crippen LogP contribution >= 0.6 is 34.8 Å². The second-order valence-corrected chi connectivity index (χ2v) is 5.99. The Morgan fingerprint density at radius 3 is 2.32 bits per heavy atom. The van der Waals surface area contributed by atoms with Gasteiger partial charge in [0.1, 0.15) is 22.5 Å². The van der Waals surface area contributed by atoms with Crippen molar-refractivity contribution in [2.24, 2.45) is 0 Å². The van der Waals surface area contributed by atoms with Crippen LogP contribution in [0.5, 0.6) is 0 Å². The highest BCUT2D eigenvalue weighted by atomic mass is 35.5. The normalized spacial score (nSPS) is 11.7. The maximum absolute atomic E-state index is 14.2. The van der Waals surface area contributed by atoms with E-state index in [-0.39, 0.29) is 39.1 Å². The maximum atomic E-state index is 14.2. The van der Waals surface area contributed by atoms with Crippen molar-refractivity contribution in [3.05, 3.63) is 39.5 Å². The second-order valence-electron chi connectivity index (χ2n) is 4.96. The average molecular weight is 372 g/mol. The summed E-state index contributed by atoms with van der Waals surface area (Å²) in [6.07, 6.45) is 0. The van der Waals surface area contributed by atoms with Crippen LogP contribution in [0.15, 0.2) is 12.1 Å². The molecule has 0 bridgehead atoms. The van der Waals surface area contributed by atoms with Gasteiger partial charge in [-0.15, -0.1) is 11.6 Å². The van der Waals surface area contributed by atoms with Crippen LogP contribution in [-0.4, -0.2) is 9.55 Å². The molecular formula is C14H12Cl3F3N2. The lowest BCUT2D eigenvalue weighted by atomic mass is 9.99. The van der Waals surface area contributed by atoms with Gasteiger partial charge in [-0.2, -0.15) is 8.78 Å². The molecular weight excluding hydrogens is 360 g/mol. The molecule has 0 aliphatic carbocycles. The molecule has 0 spiro atoms. The smallest absolute Gasteiger partial charge is 0.259 e. The molecule has 1 heterocycles. The first-order valence-corrected chi connectivity index (χ1v) is 7.67. The molecule has 8 heteroatoms. The summed E-state index contributed by atoms with van der Waals surface area (Å²) in [7, 11) is 0. The van der Waals surface area contributed by atoms with Crippen molar-refractivity contribution in [2.45, 2.75) is 32.2 Å². The monoisotopic (exact) mass is 370 g/mol. The molecule has 0 fully saturated rings. The highest BCUT2D eigenvalue weighted by Gasteiger charge is 2.24. The van der Waals surface area contributed by atoms with Crippen LogP contribution in [0.3, 0.4) is 0 Å². The third-order valence-electron chi connectivity index (χ3n) is 3.20. The van der Waals surface area contributed by atoms with Gasteiger partial charge in [-0.3, -0.25) is 4.57 Å². The van der Waals surface area contributed by atoms with Crippen LogP contribution in [0.4, 0.5) is 13.2 Å². The van der Waals surface area contributed by atoms with E-state index >= 15 is 0 Å². The molecule has 1 aromatic heterocycles. The summed E-state index contributed by atoms with van der Waals surface area (Å²) in [5.74, 6) is -1.06. The van der Waals surface area contributed by atoms with Gasteiger partial charge in [0.2, 0.25) is 0 Å². The molecule has 0 aliphatic rings. The van der Waals surface area contributed by atoms with Gasteiger partial charge >= 0.3 is 6.55 Å². The van der Waals surface area contributed by atoms with Crippen molar-refractivity contribution in [2.75, 3.05) is 0 Å². The Bertz CT molecular complexity index is 699. The second kappa shape index (κ2) is 6.69. The number of alkyl halides is 3. The molecule has 120 valence electrons. The fourth-order valence-corrected chi connectivity index (χ4v) is 2.98. The van der Waals surface area contributed by atoms with Crippen molar-refractivity contribution < 1.29 is 13.2 Å². The molecule has 2 rings (SSSR count). The van der Waals surface area contributed by atoms with E-state index in [1.54, 1.807) is 0 Å². The molecule has 0 N–H and O–H groups in total. The van der Waals surface area contributed by atoms with E-state index in [1.165, 1.54) is 6.07 Å². The topological polar surface area (TPSA) is 17.8 Å². The lowest BCUT2D eigenvalue weighted by Crippen LogP contribution is -2.02. The summed E-state index contributed by atoms with van der Waals surface area (Å²) in [4.78, 5) is 3.95. The molecule has 0 atom stereocenters. The zero-order valence-electron chi connectivity index (χ0n) is 11.7. The largest absolute Gasteiger partial charge is 0.321 e. The first-order chi connectivity index (χ1) is 10.3. The number of benzene rings is 1. The Morgan fingerprint density at radius 2 is 1.86 bits per heavy atom. The van der Waals surface area contributed by atoms with Crippen molar-refractivity contribution in [3.63, 3.8) is 0 Å². The zero-order chi connectivity index (χ0) is 16.6. The van der Waals surface area contributed by atoms with E-state index in [0.717, 1.165) is 6.07 Å². The molecule has 0 saturated carbocycles. The van der Waals surface area contributed by atoms with E-state index < -0.39 is 12.4 Å². The van der Waals surface area contributed by atoms with Gasteiger partial charge in [0.25, 0.3) is 0 Å². The summed E-state index contributed by atoms with van der Waals surface area (Å²) in [6, 6.07) is 2.61. The number of nitrogens with zero attached hydrogens (tertiary/aromatic N) is 2. The van der Waals surface area contributed by atoms with Gasteiger partial charge in [-0.05, 0) is 23.6 Å². The van der Waals surface area contributed by atoms with Crippen LogP contribution < -0.4 is 0 Å². The van der Waals surface area contributed by atoms with Crippen molar-refractivity contribution in [1.82, 2.24) is 9.55 Å². The Labute approximate surface area is 140 Å². The fourth-order valence-electron chi connectivity index (χ4n) is 2.11. The number of halogens is 6. The van der Waals surface area contributed by atoms with Gasteiger partial charge in [0.05, 0.1) is 5.88 Å². The summed E-state index contributed by atoms with van der Waals surface area (Å²) < 4.78 is 40.8. The van der Waals surface area contributed by atoms with Crippen LogP contribution in [-0.2, 0) is 5.88 Å². The predicted octanol–water partition coefficient (Wildman–Crippen LogP) is 6.25. The Morgan fingerprint density at radius 1 is 1.23 bits per heavy atom. The van der Waals surface area contributed by atoms with Gasteiger partial charge in [0.15, 0.2) is 0 Å². The van der Waals surface area contributed by atoms with E-state index in [9.17, 15) is 13.2 Å². The minimum atomic E-state index is -2.91. The molecule has 0 saturated heterocycles. The quantitative estimate of drug-likeness (QED) is 0.581. The zero-order valence-corrected chi connectivity index (χ0v) is 13.9. The van der Waals surface area contributed by atoms with E-state index in [2.05, 4.69) is 4.98 Å². The maximum Gasteiger partial charge on any atom is 0.321 e. The minimum absolute atomic E-state index is 0.0175. The third kappa shape index (κ3) is 3.07. The van der Waals surface area contributed by atoms with Gasteiger partial charge in [0, 0.05) is 10.6 Å². The van der Waals surface area contributed by atoms with E-state index in [1.807, 2.05) is 13.8 Å². The first-order valence-electron chi connectivity index (χ1n) is 6.37. The molecule has 1 aromatic carbocycles. The Kier molecular flexibility index (Phi) is 5.30. The first kappa shape index (κ1) is 17.4. The summed E-state index contributed by atoms with van der Waals surface area (Å²) in [6.45, 7) is 0.848. The van der Waals surface area contributed by atoms with Crippen LogP contribution in [0.25, 0.3) is 11.3 Å². The SMILES string of the molecule is CC(C)c1cc(-c2nc(CCl)n(C(F)F)c2Cl)c(F)cc1Cl. The molecule has 22 heavy (non-hydrogen) atoms.